The lowest BCUT2D eigenvalue weighted by Crippen LogP contribution is -2.08. The molecule has 0 fully saturated rings. The minimum absolute atomic E-state index is 0.0469. The Morgan fingerprint density at radius 3 is 3.05 bits per heavy atom. The first-order valence-electron chi connectivity index (χ1n) is 5.96. The maximum atomic E-state index is 12.5. The van der Waals surface area contributed by atoms with Gasteiger partial charge in [0.25, 0.3) is 0 Å². The van der Waals surface area contributed by atoms with Crippen LogP contribution in [0.1, 0.15) is 30.9 Å². The van der Waals surface area contributed by atoms with Gasteiger partial charge in [0.15, 0.2) is 5.78 Å². The highest BCUT2D eigenvalue weighted by molar-refractivity contribution is 7.98. The molecule has 0 aromatic carbocycles. The van der Waals surface area contributed by atoms with Crippen molar-refractivity contribution in [3.8, 4) is 6.07 Å². The summed E-state index contributed by atoms with van der Waals surface area (Å²) in [4.78, 5) is 15.4. The minimum atomic E-state index is -0.646. The van der Waals surface area contributed by atoms with Crippen LogP contribution in [-0.4, -0.2) is 11.5 Å². The Labute approximate surface area is 124 Å². The molecule has 1 aliphatic heterocycles. The number of aryl methyl sites for hydroxylation is 1. The van der Waals surface area contributed by atoms with E-state index < -0.39 is 5.92 Å². The molecule has 0 radical (unpaired) electrons. The zero-order chi connectivity index (χ0) is 13.2. The van der Waals surface area contributed by atoms with Crippen LogP contribution in [0.5, 0.6) is 0 Å². The van der Waals surface area contributed by atoms with E-state index in [1.165, 1.54) is 21.8 Å². The van der Waals surface area contributed by atoms with Gasteiger partial charge in [0.1, 0.15) is 5.92 Å². The van der Waals surface area contributed by atoms with E-state index in [2.05, 4.69) is 6.07 Å². The van der Waals surface area contributed by atoms with E-state index in [9.17, 15) is 10.1 Å². The van der Waals surface area contributed by atoms with E-state index >= 15 is 0 Å². The molecule has 3 heterocycles. The van der Waals surface area contributed by atoms with Crippen molar-refractivity contribution in [1.29, 1.82) is 5.26 Å². The summed E-state index contributed by atoms with van der Waals surface area (Å²) >= 11 is 4.95. The number of nitriles is 1. The average molecular weight is 305 g/mol. The SMILES string of the molecule is N#CC(C(=O)c1cc2c(s1)CCSC2)c1cccs1. The van der Waals surface area contributed by atoms with Gasteiger partial charge in [-0.05, 0) is 35.2 Å². The Hall–Kier alpha value is -1.09. The van der Waals surface area contributed by atoms with Gasteiger partial charge in [0.2, 0.25) is 0 Å². The van der Waals surface area contributed by atoms with E-state index in [0.29, 0.717) is 0 Å². The lowest BCUT2D eigenvalue weighted by Gasteiger charge is -2.08. The molecule has 96 valence electrons. The molecule has 0 saturated carbocycles. The number of nitrogens with zero attached hydrogens (tertiary/aromatic N) is 1. The van der Waals surface area contributed by atoms with Crippen LogP contribution in [0.25, 0.3) is 0 Å². The van der Waals surface area contributed by atoms with E-state index in [0.717, 1.165) is 27.7 Å². The third-order valence-corrected chi connectivity index (χ3v) is 6.29. The second-order valence-electron chi connectivity index (χ2n) is 4.30. The molecule has 2 aromatic rings. The first-order valence-corrected chi connectivity index (χ1v) is 8.81. The summed E-state index contributed by atoms with van der Waals surface area (Å²) in [7, 11) is 0. The predicted molar refractivity (Wildman–Crippen MR) is 81.2 cm³/mol. The summed E-state index contributed by atoms with van der Waals surface area (Å²) < 4.78 is 0. The molecule has 0 aliphatic carbocycles. The van der Waals surface area contributed by atoms with E-state index in [1.807, 2.05) is 35.3 Å². The predicted octanol–water partition coefficient (Wildman–Crippen LogP) is 4.09. The first-order chi connectivity index (χ1) is 9.29. The van der Waals surface area contributed by atoms with Crippen molar-refractivity contribution in [2.75, 3.05) is 5.75 Å². The van der Waals surface area contributed by atoms with Crippen LogP contribution >= 0.6 is 34.4 Å². The molecular formula is C14H11NOS3. The van der Waals surface area contributed by atoms with E-state index in [1.54, 1.807) is 11.3 Å². The standard InChI is InChI=1S/C14H11NOS3/c15-7-10(12-2-1-4-18-12)14(16)13-6-9-8-17-5-3-11(9)19-13/h1-2,4,6,10H,3,5,8H2. The number of carbonyl (C=O) groups excluding carboxylic acids is 1. The van der Waals surface area contributed by atoms with Crippen LogP contribution in [-0.2, 0) is 12.2 Å². The molecule has 0 amide bonds. The number of thioether (sulfide) groups is 1. The van der Waals surface area contributed by atoms with Crippen LogP contribution in [0, 0.1) is 11.3 Å². The third-order valence-electron chi connectivity index (χ3n) is 3.09. The molecule has 19 heavy (non-hydrogen) atoms. The Balaban J connectivity index is 1.91. The molecule has 0 N–H and O–H groups in total. The molecule has 2 nitrogen and oxygen atoms in total. The molecule has 0 bridgehead atoms. The maximum Gasteiger partial charge on any atom is 0.195 e. The molecule has 0 saturated heterocycles. The van der Waals surface area contributed by atoms with Crippen molar-refractivity contribution >= 4 is 40.2 Å². The molecule has 0 spiro atoms. The summed E-state index contributed by atoms with van der Waals surface area (Å²) in [6.07, 6.45) is 1.05. The molecule has 3 rings (SSSR count). The van der Waals surface area contributed by atoms with Gasteiger partial charge in [-0.25, -0.2) is 0 Å². The zero-order valence-electron chi connectivity index (χ0n) is 10.1. The summed E-state index contributed by atoms with van der Waals surface area (Å²) in [6.45, 7) is 0. The third kappa shape index (κ3) is 2.48. The van der Waals surface area contributed by atoms with Crippen LogP contribution < -0.4 is 0 Å². The monoisotopic (exact) mass is 305 g/mol. The lowest BCUT2D eigenvalue weighted by molar-refractivity contribution is 0.0984. The summed E-state index contributed by atoms with van der Waals surface area (Å²) in [6, 6.07) is 7.88. The summed E-state index contributed by atoms with van der Waals surface area (Å²) in [5.74, 6) is 1.44. The van der Waals surface area contributed by atoms with Gasteiger partial charge >= 0.3 is 0 Å². The van der Waals surface area contributed by atoms with Crippen molar-refractivity contribution < 1.29 is 4.79 Å². The number of Topliss-reactive ketones (excluding diaryl/α,β-unsaturated/α-hetero) is 1. The average Bonchev–Trinajstić information content (AvgIpc) is 3.08. The largest absolute Gasteiger partial charge is 0.291 e. The van der Waals surface area contributed by atoms with Gasteiger partial charge in [-0.1, -0.05) is 6.07 Å². The highest BCUT2D eigenvalue weighted by Crippen LogP contribution is 2.34. The second kappa shape index (κ2) is 5.49. The van der Waals surface area contributed by atoms with Gasteiger partial charge in [-0.15, -0.1) is 22.7 Å². The number of ketones is 1. The van der Waals surface area contributed by atoms with Gasteiger partial charge in [-0.3, -0.25) is 4.79 Å². The Bertz CT molecular complexity index is 613. The fraction of sp³-hybridized carbons (Fsp3) is 0.286. The van der Waals surface area contributed by atoms with Crippen molar-refractivity contribution in [1.82, 2.24) is 0 Å². The summed E-state index contributed by atoms with van der Waals surface area (Å²) in [5.41, 5.74) is 1.28. The molecule has 5 heteroatoms. The second-order valence-corrected chi connectivity index (χ2v) is 7.52. The van der Waals surface area contributed by atoms with Crippen LogP contribution in [0.3, 0.4) is 0 Å². The Morgan fingerprint density at radius 1 is 1.47 bits per heavy atom. The molecule has 1 atom stereocenters. The number of carbonyl (C=O) groups is 1. The quantitative estimate of drug-likeness (QED) is 0.802. The lowest BCUT2D eigenvalue weighted by atomic mass is 10.0. The first kappa shape index (κ1) is 12.9. The Morgan fingerprint density at radius 2 is 2.37 bits per heavy atom. The van der Waals surface area contributed by atoms with E-state index in [-0.39, 0.29) is 5.78 Å². The van der Waals surface area contributed by atoms with Crippen LogP contribution in [0.15, 0.2) is 23.6 Å². The minimum Gasteiger partial charge on any atom is -0.291 e. The van der Waals surface area contributed by atoms with E-state index in [4.69, 9.17) is 0 Å². The number of rotatable bonds is 3. The van der Waals surface area contributed by atoms with Crippen molar-refractivity contribution in [2.45, 2.75) is 18.1 Å². The molecule has 1 unspecified atom stereocenters. The normalized spacial score (nSPS) is 15.5. The fourth-order valence-corrected chi connectivity index (χ4v) is 5.23. The molecular weight excluding hydrogens is 294 g/mol. The van der Waals surface area contributed by atoms with Gasteiger partial charge in [0, 0.05) is 15.5 Å². The van der Waals surface area contributed by atoms with Crippen molar-refractivity contribution in [3.63, 3.8) is 0 Å². The number of fused-ring (bicyclic) bond motifs is 1. The molecule has 2 aromatic heterocycles. The van der Waals surface area contributed by atoms with Gasteiger partial charge in [-0.2, -0.15) is 17.0 Å². The van der Waals surface area contributed by atoms with Crippen LogP contribution in [0.2, 0.25) is 0 Å². The highest BCUT2D eigenvalue weighted by atomic mass is 32.2. The molecule has 1 aliphatic rings. The van der Waals surface area contributed by atoms with Gasteiger partial charge in [0.05, 0.1) is 10.9 Å². The Kier molecular flexibility index (Phi) is 3.74. The zero-order valence-corrected chi connectivity index (χ0v) is 12.5. The van der Waals surface area contributed by atoms with Gasteiger partial charge < -0.3 is 0 Å². The van der Waals surface area contributed by atoms with Crippen molar-refractivity contribution in [2.24, 2.45) is 0 Å². The van der Waals surface area contributed by atoms with Crippen molar-refractivity contribution in [3.05, 3.63) is 43.8 Å². The topological polar surface area (TPSA) is 40.9 Å². The summed E-state index contributed by atoms with van der Waals surface area (Å²) in [5, 5.41) is 11.2. The van der Waals surface area contributed by atoms with Crippen LogP contribution in [0.4, 0.5) is 0 Å². The highest BCUT2D eigenvalue weighted by Gasteiger charge is 2.26. The smallest absolute Gasteiger partial charge is 0.195 e. The number of thiophene rings is 2. The number of hydrogen-bond acceptors (Lipinski definition) is 5. The maximum absolute atomic E-state index is 12.5. The fourth-order valence-electron chi connectivity index (χ4n) is 2.12. The number of hydrogen-bond donors (Lipinski definition) is 0.